The summed E-state index contributed by atoms with van der Waals surface area (Å²) in [5.74, 6) is 0.135. The zero-order chi connectivity index (χ0) is 14.2. The molecule has 19 heavy (non-hydrogen) atoms. The lowest BCUT2D eigenvalue weighted by molar-refractivity contribution is -0.0550. The van der Waals surface area contributed by atoms with Crippen molar-refractivity contribution >= 4 is 5.82 Å². The number of aliphatic hydroxyl groups excluding tert-OH is 3. The van der Waals surface area contributed by atoms with E-state index in [1.54, 1.807) is 0 Å². The highest BCUT2D eigenvalue weighted by Gasteiger charge is 2.43. The highest BCUT2D eigenvalue weighted by Crippen LogP contribution is 2.28. The van der Waals surface area contributed by atoms with Crippen molar-refractivity contribution in [3.8, 4) is 0 Å². The second-order valence-electron chi connectivity index (χ2n) is 4.42. The van der Waals surface area contributed by atoms with Crippen molar-refractivity contribution in [2.75, 3.05) is 12.3 Å². The van der Waals surface area contributed by atoms with Crippen molar-refractivity contribution in [3.63, 3.8) is 0 Å². The van der Waals surface area contributed by atoms with Crippen LogP contribution in [0, 0.1) is 0 Å². The van der Waals surface area contributed by atoms with Crippen molar-refractivity contribution in [2.45, 2.75) is 37.9 Å². The Morgan fingerprint density at radius 1 is 1.47 bits per heavy atom. The van der Waals surface area contributed by atoms with Crippen LogP contribution < -0.4 is 11.4 Å². The fourth-order valence-corrected chi connectivity index (χ4v) is 2.09. The van der Waals surface area contributed by atoms with Crippen LogP contribution in [-0.2, 0) is 11.2 Å². The molecule has 8 nitrogen and oxygen atoms in total. The molecule has 0 spiro atoms. The number of nitrogens with zero attached hydrogens (tertiary/aromatic N) is 2. The Kier molecular flexibility index (Phi) is 3.85. The Balaban J connectivity index is 2.40. The predicted octanol–water partition coefficient (Wildman–Crippen LogP) is -2.00. The molecule has 0 radical (unpaired) electrons. The highest BCUT2D eigenvalue weighted by molar-refractivity contribution is 5.36. The lowest BCUT2D eigenvalue weighted by atomic mass is 10.1. The number of aromatic nitrogens is 2. The zero-order valence-electron chi connectivity index (χ0n) is 10.4. The summed E-state index contributed by atoms with van der Waals surface area (Å²) in [5, 5.41) is 28.5. The minimum absolute atomic E-state index is 0.135. The molecule has 1 aromatic rings. The summed E-state index contributed by atoms with van der Waals surface area (Å²) in [7, 11) is 0. The largest absolute Gasteiger partial charge is 0.394 e. The maximum atomic E-state index is 11.8. The van der Waals surface area contributed by atoms with Crippen LogP contribution in [0.15, 0.2) is 11.0 Å². The molecule has 5 N–H and O–H groups in total. The molecule has 8 heteroatoms. The number of hydrogen-bond donors (Lipinski definition) is 4. The van der Waals surface area contributed by atoms with Gasteiger partial charge >= 0.3 is 5.69 Å². The first-order valence-electron chi connectivity index (χ1n) is 5.99. The molecular formula is C11H17N3O5. The minimum Gasteiger partial charge on any atom is -0.394 e. The average Bonchev–Trinajstić information content (AvgIpc) is 2.67. The number of rotatable bonds is 3. The third-order valence-corrected chi connectivity index (χ3v) is 3.23. The van der Waals surface area contributed by atoms with E-state index in [1.165, 1.54) is 6.20 Å². The van der Waals surface area contributed by atoms with Crippen LogP contribution in [0.1, 0.15) is 18.7 Å². The van der Waals surface area contributed by atoms with Crippen molar-refractivity contribution in [1.29, 1.82) is 0 Å². The molecule has 4 atom stereocenters. The van der Waals surface area contributed by atoms with E-state index in [-0.39, 0.29) is 5.82 Å². The van der Waals surface area contributed by atoms with E-state index in [9.17, 15) is 15.0 Å². The molecule has 1 aromatic heterocycles. The van der Waals surface area contributed by atoms with Crippen LogP contribution in [0.4, 0.5) is 5.82 Å². The van der Waals surface area contributed by atoms with Crippen LogP contribution >= 0.6 is 0 Å². The monoisotopic (exact) mass is 271 g/mol. The molecule has 0 saturated carbocycles. The van der Waals surface area contributed by atoms with Gasteiger partial charge in [0, 0.05) is 11.8 Å². The molecule has 2 heterocycles. The van der Waals surface area contributed by atoms with Gasteiger partial charge in [-0.05, 0) is 6.42 Å². The van der Waals surface area contributed by atoms with Crippen LogP contribution in [0.2, 0.25) is 0 Å². The van der Waals surface area contributed by atoms with Crippen LogP contribution in [0.5, 0.6) is 0 Å². The smallest absolute Gasteiger partial charge is 0.351 e. The number of aliphatic hydroxyl groups is 3. The van der Waals surface area contributed by atoms with Gasteiger partial charge in [-0.25, -0.2) is 4.79 Å². The molecule has 1 aliphatic heterocycles. The van der Waals surface area contributed by atoms with E-state index in [0.717, 1.165) is 4.57 Å². The molecule has 0 aliphatic carbocycles. The summed E-state index contributed by atoms with van der Waals surface area (Å²) in [6.45, 7) is 1.39. The fraction of sp³-hybridized carbons (Fsp3) is 0.636. The van der Waals surface area contributed by atoms with Crippen molar-refractivity contribution in [2.24, 2.45) is 0 Å². The molecule has 106 valence electrons. The fourth-order valence-electron chi connectivity index (χ4n) is 2.09. The number of nitrogen functional groups attached to an aromatic ring is 1. The van der Waals surface area contributed by atoms with Gasteiger partial charge in [-0.3, -0.25) is 4.57 Å². The van der Waals surface area contributed by atoms with Gasteiger partial charge in [0.25, 0.3) is 0 Å². The molecule has 1 saturated heterocycles. The third kappa shape index (κ3) is 2.35. The number of aryl methyl sites for hydroxylation is 1. The van der Waals surface area contributed by atoms with Gasteiger partial charge in [0.1, 0.15) is 24.1 Å². The first kappa shape index (κ1) is 13.9. The molecule has 0 amide bonds. The second kappa shape index (κ2) is 5.25. The van der Waals surface area contributed by atoms with E-state index in [4.69, 9.17) is 15.6 Å². The topological polar surface area (TPSA) is 131 Å². The zero-order valence-corrected chi connectivity index (χ0v) is 10.4. The molecule has 1 aliphatic rings. The summed E-state index contributed by atoms with van der Waals surface area (Å²) in [6.07, 6.45) is -2.58. The van der Waals surface area contributed by atoms with E-state index < -0.39 is 36.8 Å². The van der Waals surface area contributed by atoms with Crippen LogP contribution in [-0.4, -0.2) is 49.8 Å². The van der Waals surface area contributed by atoms with E-state index >= 15 is 0 Å². The standard InChI is InChI=1S/C11H17N3O5/c1-2-5-3-14(11(18)13-9(5)12)10-8(17)7(16)6(4-15)19-10/h3,6-8,10,15-17H,2,4H2,1H3,(H2,12,13,18)/t6-,7-,8-,10-/m1/s1. The van der Waals surface area contributed by atoms with Gasteiger partial charge in [0.05, 0.1) is 6.61 Å². The average molecular weight is 271 g/mol. The van der Waals surface area contributed by atoms with Gasteiger partial charge in [0.15, 0.2) is 6.23 Å². The lowest BCUT2D eigenvalue weighted by Crippen LogP contribution is -2.36. The number of nitrogens with two attached hydrogens (primary N) is 1. The van der Waals surface area contributed by atoms with Gasteiger partial charge in [0.2, 0.25) is 0 Å². The third-order valence-electron chi connectivity index (χ3n) is 3.23. The molecule has 0 aromatic carbocycles. The number of hydrogen-bond acceptors (Lipinski definition) is 7. The SMILES string of the molecule is CCc1cn([C@@H]2O[C@H](CO)[C@@H](O)[C@H]2O)c(=O)nc1N. The first-order valence-corrected chi connectivity index (χ1v) is 5.99. The molecule has 0 bridgehead atoms. The number of anilines is 1. The maximum absolute atomic E-state index is 11.8. The Morgan fingerprint density at radius 3 is 2.68 bits per heavy atom. The molecule has 1 fully saturated rings. The highest BCUT2D eigenvalue weighted by atomic mass is 16.6. The molecular weight excluding hydrogens is 254 g/mol. The van der Waals surface area contributed by atoms with Gasteiger partial charge in [-0.15, -0.1) is 0 Å². The van der Waals surface area contributed by atoms with Crippen molar-refractivity contribution in [1.82, 2.24) is 9.55 Å². The lowest BCUT2D eigenvalue weighted by Gasteiger charge is -2.18. The Labute approximate surface area is 109 Å². The number of ether oxygens (including phenoxy) is 1. The normalized spacial score (nSPS) is 30.7. The summed E-state index contributed by atoms with van der Waals surface area (Å²) in [4.78, 5) is 15.4. The maximum Gasteiger partial charge on any atom is 0.351 e. The molecule has 0 unspecified atom stereocenters. The van der Waals surface area contributed by atoms with Crippen LogP contribution in [0.3, 0.4) is 0 Å². The van der Waals surface area contributed by atoms with Gasteiger partial charge < -0.3 is 25.8 Å². The predicted molar refractivity (Wildman–Crippen MR) is 65.3 cm³/mol. The first-order chi connectivity index (χ1) is 8.99. The van der Waals surface area contributed by atoms with Crippen LogP contribution in [0.25, 0.3) is 0 Å². The van der Waals surface area contributed by atoms with E-state index in [2.05, 4.69) is 4.98 Å². The Hall–Kier alpha value is -1.48. The quantitative estimate of drug-likeness (QED) is 0.500. The summed E-state index contributed by atoms with van der Waals surface area (Å²) >= 11 is 0. The second-order valence-corrected chi connectivity index (χ2v) is 4.42. The van der Waals surface area contributed by atoms with Gasteiger partial charge in [-0.1, -0.05) is 6.92 Å². The summed E-state index contributed by atoms with van der Waals surface area (Å²) in [5.41, 5.74) is 5.56. The summed E-state index contributed by atoms with van der Waals surface area (Å²) in [6, 6.07) is 0. The Bertz CT molecular complexity index is 518. The van der Waals surface area contributed by atoms with Crippen molar-refractivity contribution < 1.29 is 20.1 Å². The van der Waals surface area contributed by atoms with E-state index in [1.807, 2.05) is 6.92 Å². The van der Waals surface area contributed by atoms with E-state index in [0.29, 0.717) is 12.0 Å². The Morgan fingerprint density at radius 2 is 2.16 bits per heavy atom. The summed E-state index contributed by atoms with van der Waals surface area (Å²) < 4.78 is 6.36. The minimum atomic E-state index is -1.31. The van der Waals surface area contributed by atoms with Gasteiger partial charge in [-0.2, -0.15) is 4.98 Å². The molecule has 2 rings (SSSR count). The van der Waals surface area contributed by atoms with Crippen molar-refractivity contribution in [3.05, 3.63) is 22.2 Å².